The molecular formula is C23H23FN2O3. The molecule has 1 aromatic heterocycles. The minimum atomic E-state index is -0.395. The van der Waals surface area contributed by atoms with Gasteiger partial charge in [-0.15, -0.1) is 0 Å². The fraction of sp³-hybridized carbons (Fsp3) is 0.304. The molecule has 1 N–H and O–H groups in total. The van der Waals surface area contributed by atoms with Gasteiger partial charge in [0, 0.05) is 29.8 Å². The average Bonchev–Trinajstić information content (AvgIpc) is 3.21. The van der Waals surface area contributed by atoms with E-state index < -0.39 is 5.82 Å². The summed E-state index contributed by atoms with van der Waals surface area (Å²) in [5.41, 5.74) is 2.54. The maximum atomic E-state index is 13.3. The zero-order valence-electron chi connectivity index (χ0n) is 16.3. The number of amides is 1. The lowest BCUT2D eigenvalue weighted by Crippen LogP contribution is -2.38. The molecule has 0 radical (unpaired) electrons. The first-order valence-electron chi connectivity index (χ1n) is 9.78. The highest BCUT2D eigenvalue weighted by Gasteiger charge is 2.24. The number of aromatic amines is 1. The topological polar surface area (TPSA) is 62.4 Å². The zero-order chi connectivity index (χ0) is 20.4. The van der Waals surface area contributed by atoms with Gasteiger partial charge in [0.05, 0.1) is 12.6 Å². The number of halogens is 1. The number of nitrogens with one attached hydrogen (secondary N) is 1. The van der Waals surface area contributed by atoms with Crippen LogP contribution in [-0.2, 0) is 11.3 Å². The van der Waals surface area contributed by atoms with Crippen LogP contribution in [0.5, 0.6) is 0 Å². The fourth-order valence-electron chi connectivity index (χ4n) is 3.72. The standard InChI is InChI=1S/C23H23FN2O3/c1-15-4-9-21-17(11-15)12-18(22(27)25-21)13-26(14-20-3-2-10-29-20)23(28)16-5-7-19(24)8-6-16/h4-9,11-12,20H,2-3,10,13-14H2,1H3,(H,25,27). The van der Waals surface area contributed by atoms with E-state index in [-0.39, 0.29) is 24.1 Å². The summed E-state index contributed by atoms with van der Waals surface area (Å²) in [7, 11) is 0. The van der Waals surface area contributed by atoms with E-state index in [9.17, 15) is 14.0 Å². The number of hydrogen-bond donors (Lipinski definition) is 1. The Morgan fingerprint density at radius 3 is 2.72 bits per heavy atom. The number of ether oxygens (including phenoxy) is 1. The predicted octanol–water partition coefficient (Wildman–Crippen LogP) is 3.80. The molecule has 1 aliphatic heterocycles. The monoisotopic (exact) mass is 394 g/mol. The number of hydrogen-bond acceptors (Lipinski definition) is 3. The van der Waals surface area contributed by atoms with Crippen LogP contribution >= 0.6 is 0 Å². The molecule has 2 heterocycles. The number of nitrogens with zero attached hydrogens (tertiary/aromatic N) is 1. The summed E-state index contributed by atoms with van der Waals surface area (Å²) < 4.78 is 19.0. The Morgan fingerprint density at radius 1 is 1.21 bits per heavy atom. The lowest BCUT2D eigenvalue weighted by Gasteiger charge is -2.25. The first kappa shape index (κ1) is 19.3. The zero-order valence-corrected chi connectivity index (χ0v) is 16.3. The molecule has 29 heavy (non-hydrogen) atoms. The van der Waals surface area contributed by atoms with E-state index in [2.05, 4.69) is 4.98 Å². The van der Waals surface area contributed by atoms with Crippen molar-refractivity contribution in [2.45, 2.75) is 32.4 Å². The summed E-state index contributed by atoms with van der Waals surface area (Å²) in [4.78, 5) is 30.2. The van der Waals surface area contributed by atoms with Gasteiger partial charge in [-0.2, -0.15) is 0 Å². The Kier molecular flexibility index (Phi) is 5.45. The highest BCUT2D eigenvalue weighted by molar-refractivity contribution is 5.94. The van der Waals surface area contributed by atoms with E-state index in [0.29, 0.717) is 24.3 Å². The smallest absolute Gasteiger partial charge is 0.254 e. The summed E-state index contributed by atoms with van der Waals surface area (Å²) in [6.07, 6.45) is 1.78. The highest BCUT2D eigenvalue weighted by Crippen LogP contribution is 2.19. The third kappa shape index (κ3) is 4.38. The number of rotatable bonds is 5. The van der Waals surface area contributed by atoms with Crippen LogP contribution in [0, 0.1) is 12.7 Å². The van der Waals surface area contributed by atoms with Crippen molar-refractivity contribution >= 4 is 16.8 Å². The van der Waals surface area contributed by atoms with Crippen LogP contribution in [0.15, 0.2) is 53.3 Å². The summed E-state index contributed by atoms with van der Waals surface area (Å²) >= 11 is 0. The van der Waals surface area contributed by atoms with Gasteiger partial charge in [0.15, 0.2) is 0 Å². The largest absolute Gasteiger partial charge is 0.376 e. The van der Waals surface area contributed by atoms with E-state index in [1.807, 2.05) is 31.2 Å². The normalized spacial score (nSPS) is 16.3. The van der Waals surface area contributed by atoms with E-state index in [4.69, 9.17) is 4.74 Å². The number of carbonyl (C=O) groups excluding carboxylic acids is 1. The van der Waals surface area contributed by atoms with Crippen molar-refractivity contribution < 1.29 is 13.9 Å². The summed E-state index contributed by atoms with van der Waals surface area (Å²) in [5.74, 6) is -0.641. The van der Waals surface area contributed by atoms with Crippen LogP contribution < -0.4 is 5.56 Å². The molecule has 1 atom stereocenters. The summed E-state index contributed by atoms with van der Waals surface area (Å²) in [6.45, 7) is 3.22. The van der Waals surface area contributed by atoms with Gasteiger partial charge >= 0.3 is 0 Å². The Hall–Kier alpha value is -2.99. The average molecular weight is 394 g/mol. The van der Waals surface area contributed by atoms with E-state index in [1.165, 1.54) is 24.3 Å². The van der Waals surface area contributed by atoms with Crippen LogP contribution in [0.2, 0.25) is 0 Å². The van der Waals surface area contributed by atoms with Crippen molar-refractivity contribution in [2.24, 2.45) is 0 Å². The van der Waals surface area contributed by atoms with Gasteiger partial charge in [0.1, 0.15) is 5.82 Å². The summed E-state index contributed by atoms with van der Waals surface area (Å²) in [6, 6.07) is 13.1. The number of benzene rings is 2. The molecule has 0 spiro atoms. The molecule has 1 fully saturated rings. The first-order valence-corrected chi connectivity index (χ1v) is 9.78. The minimum Gasteiger partial charge on any atom is -0.376 e. The molecule has 1 aliphatic rings. The molecule has 4 rings (SSSR count). The van der Waals surface area contributed by atoms with Crippen LogP contribution in [-0.4, -0.2) is 35.0 Å². The van der Waals surface area contributed by atoms with Gasteiger partial charge in [0.25, 0.3) is 11.5 Å². The number of fused-ring (bicyclic) bond motifs is 1. The lowest BCUT2D eigenvalue weighted by molar-refractivity contribution is 0.0506. The molecule has 3 aromatic rings. The van der Waals surface area contributed by atoms with Crippen molar-refractivity contribution in [3.05, 3.63) is 81.4 Å². The highest BCUT2D eigenvalue weighted by atomic mass is 19.1. The van der Waals surface area contributed by atoms with Crippen molar-refractivity contribution in [2.75, 3.05) is 13.2 Å². The second-order valence-corrected chi connectivity index (χ2v) is 7.54. The van der Waals surface area contributed by atoms with E-state index >= 15 is 0 Å². The quantitative estimate of drug-likeness (QED) is 0.716. The summed E-state index contributed by atoms with van der Waals surface area (Å²) in [5, 5.41) is 0.922. The molecule has 150 valence electrons. The Morgan fingerprint density at radius 2 is 2.00 bits per heavy atom. The molecule has 6 heteroatoms. The molecule has 5 nitrogen and oxygen atoms in total. The van der Waals surface area contributed by atoms with Crippen molar-refractivity contribution in [1.29, 1.82) is 0 Å². The van der Waals surface area contributed by atoms with Crippen LogP contribution in [0.1, 0.15) is 34.3 Å². The number of aryl methyl sites for hydroxylation is 1. The maximum Gasteiger partial charge on any atom is 0.254 e. The van der Waals surface area contributed by atoms with Crippen molar-refractivity contribution in [3.63, 3.8) is 0 Å². The number of pyridine rings is 1. The van der Waals surface area contributed by atoms with E-state index in [1.54, 1.807) is 4.90 Å². The van der Waals surface area contributed by atoms with Gasteiger partial charge in [-0.3, -0.25) is 9.59 Å². The van der Waals surface area contributed by atoms with Gasteiger partial charge in [-0.1, -0.05) is 11.6 Å². The molecule has 2 aromatic carbocycles. The molecular weight excluding hydrogens is 371 g/mol. The Labute approximate surface area is 168 Å². The van der Waals surface area contributed by atoms with Gasteiger partial charge < -0.3 is 14.6 Å². The predicted molar refractivity (Wildman–Crippen MR) is 109 cm³/mol. The van der Waals surface area contributed by atoms with Gasteiger partial charge in [-0.25, -0.2) is 4.39 Å². The number of aromatic nitrogens is 1. The third-order valence-corrected chi connectivity index (χ3v) is 5.26. The molecule has 0 aliphatic carbocycles. The maximum absolute atomic E-state index is 13.3. The molecule has 1 unspecified atom stereocenters. The number of H-pyrrole nitrogens is 1. The molecule has 1 saturated heterocycles. The Balaban J connectivity index is 1.66. The SMILES string of the molecule is Cc1ccc2[nH]c(=O)c(CN(CC3CCCO3)C(=O)c3ccc(F)cc3)cc2c1. The first-order chi connectivity index (χ1) is 14.0. The van der Waals surface area contributed by atoms with Crippen molar-refractivity contribution in [3.8, 4) is 0 Å². The lowest BCUT2D eigenvalue weighted by atomic mass is 10.1. The molecule has 0 saturated carbocycles. The third-order valence-electron chi connectivity index (χ3n) is 5.26. The molecule has 0 bridgehead atoms. The molecule has 1 amide bonds. The Bertz CT molecular complexity index is 1090. The van der Waals surface area contributed by atoms with Gasteiger partial charge in [0.2, 0.25) is 0 Å². The van der Waals surface area contributed by atoms with Gasteiger partial charge in [-0.05, 0) is 67.6 Å². The van der Waals surface area contributed by atoms with Crippen molar-refractivity contribution in [1.82, 2.24) is 9.88 Å². The second kappa shape index (κ2) is 8.17. The van der Waals surface area contributed by atoms with Crippen LogP contribution in [0.25, 0.3) is 10.9 Å². The minimum absolute atomic E-state index is 0.0545. The van der Waals surface area contributed by atoms with Crippen LogP contribution in [0.4, 0.5) is 4.39 Å². The van der Waals surface area contributed by atoms with Crippen LogP contribution in [0.3, 0.4) is 0 Å². The number of carbonyl (C=O) groups is 1. The second-order valence-electron chi connectivity index (χ2n) is 7.54. The fourth-order valence-corrected chi connectivity index (χ4v) is 3.72. The van der Waals surface area contributed by atoms with E-state index in [0.717, 1.165) is 29.3 Å².